The van der Waals surface area contributed by atoms with Crippen LogP contribution in [-0.2, 0) is 5.41 Å². The van der Waals surface area contributed by atoms with Crippen LogP contribution in [0, 0.1) is 0 Å². The second-order valence-electron chi connectivity index (χ2n) is 17.0. The highest BCUT2D eigenvalue weighted by Crippen LogP contribution is 2.61. The molecular formula is C49H20B8N10O2. The molecule has 14 rings (SSSR count). The smallest absolute Gasteiger partial charge is 0.261 e. The topological polar surface area (TPSA) is 114 Å². The fourth-order valence-electron chi connectivity index (χ4n) is 10.3. The van der Waals surface area contributed by atoms with Gasteiger partial charge in [-0.15, -0.1) is 37.1 Å². The van der Waals surface area contributed by atoms with Crippen molar-refractivity contribution in [1.82, 2.24) is 48.4 Å². The van der Waals surface area contributed by atoms with E-state index in [1.54, 1.807) is 9.08 Å². The van der Waals surface area contributed by atoms with Crippen molar-refractivity contribution < 1.29 is 9.47 Å². The number of ether oxygens (including phenoxy) is 2. The average molecular weight is 867 g/mol. The molecule has 7 heterocycles. The Morgan fingerprint density at radius 1 is 0.377 bits per heavy atom. The highest BCUT2D eigenvalue weighted by molar-refractivity contribution is 6.71. The van der Waals surface area contributed by atoms with Crippen molar-refractivity contribution in [3.05, 3.63) is 144 Å². The van der Waals surface area contributed by atoms with E-state index in [2.05, 4.69) is 24.3 Å². The molecule has 5 aromatic heterocycles. The lowest BCUT2D eigenvalue weighted by Gasteiger charge is -2.44. The third-order valence-electron chi connectivity index (χ3n) is 13.5. The molecule has 0 amide bonds. The van der Waals surface area contributed by atoms with Crippen LogP contribution in [0.15, 0.2) is 121 Å². The zero-order valence-electron chi connectivity index (χ0n) is 36.0. The highest BCUT2D eigenvalue weighted by atomic mass is 16.5. The third kappa shape index (κ3) is 5.12. The van der Waals surface area contributed by atoms with E-state index in [1.807, 2.05) is 97.1 Å². The van der Waals surface area contributed by atoms with Crippen LogP contribution in [-0.4, -0.2) is 111 Å². The summed E-state index contributed by atoms with van der Waals surface area (Å²) in [5, 5.41) is 15.7. The van der Waals surface area contributed by atoms with Crippen LogP contribution in [0.3, 0.4) is 0 Å². The molecule has 16 radical (unpaired) electrons. The first kappa shape index (κ1) is 40.0. The molecule has 7 aromatic carbocycles. The van der Waals surface area contributed by atoms with Crippen molar-refractivity contribution in [2.24, 2.45) is 0 Å². The van der Waals surface area contributed by atoms with E-state index in [0.29, 0.717) is 39.5 Å². The van der Waals surface area contributed by atoms with E-state index in [4.69, 9.17) is 102 Å². The number of nitrogens with zero attached hydrogens (tertiary/aromatic N) is 10. The van der Waals surface area contributed by atoms with Crippen LogP contribution in [0.2, 0.25) is 0 Å². The Morgan fingerprint density at radius 2 is 0.797 bits per heavy atom. The molecule has 302 valence electrons. The van der Waals surface area contributed by atoms with Crippen molar-refractivity contribution in [2.45, 2.75) is 5.41 Å². The molecule has 0 saturated carbocycles. The van der Waals surface area contributed by atoms with E-state index in [9.17, 15) is 0 Å². The summed E-state index contributed by atoms with van der Waals surface area (Å²) in [5.41, 5.74) is 5.57. The molecule has 0 unspecified atom stereocenters. The fourth-order valence-corrected chi connectivity index (χ4v) is 10.3. The molecule has 20 heteroatoms. The molecule has 0 atom stereocenters. The summed E-state index contributed by atoms with van der Waals surface area (Å²) < 4.78 is 19.5. The number of rotatable bonds is 3. The van der Waals surface area contributed by atoms with Gasteiger partial charge in [-0.3, -0.25) is 4.57 Å². The Balaban J connectivity index is 1.04. The Bertz CT molecular complexity index is 4140. The van der Waals surface area contributed by atoms with E-state index < -0.39 is 5.41 Å². The van der Waals surface area contributed by atoms with Gasteiger partial charge in [-0.25, -0.2) is 0 Å². The number of para-hydroxylation sites is 3. The molecular weight excluding hydrogens is 847 g/mol. The molecule has 0 bridgehead atoms. The summed E-state index contributed by atoms with van der Waals surface area (Å²) in [4.78, 5) is 15.2. The van der Waals surface area contributed by atoms with Gasteiger partial charge in [0.2, 0.25) is 0 Å². The van der Waals surface area contributed by atoms with Gasteiger partial charge < -0.3 is 9.47 Å². The first-order chi connectivity index (χ1) is 33.5. The number of fused-ring (bicyclic) bond motifs is 17. The van der Waals surface area contributed by atoms with E-state index in [1.165, 1.54) is 9.03 Å². The van der Waals surface area contributed by atoms with Crippen LogP contribution in [0.1, 0.15) is 22.3 Å². The molecule has 0 N–H and O–H groups in total. The van der Waals surface area contributed by atoms with E-state index in [-0.39, 0.29) is 78.0 Å². The van der Waals surface area contributed by atoms with Crippen molar-refractivity contribution >= 4 is 146 Å². The summed E-state index contributed by atoms with van der Waals surface area (Å²) in [7, 11) is 52.8. The van der Waals surface area contributed by atoms with Crippen molar-refractivity contribution in [1.29, 1.82) is 0 Å². The van der Waals surface area contributed by atoms with Crippen molar-refractivity contribution in [3.8, 4) is 51.7 Å². The van der Waals surface area contributed by atoms with Gasteiger partial charge in [0.1, 0.15) is 85.8 Å². The van der Waals surface area contributed by atoms with Gasteiger partial charge >= 0.3 is 0 Å². The first-order valence-corrected chi connectivity index (χ1v) is 21.6. The number of benzene rings is 7. The van der Waals surface area contributed by atoms with Gasteiger partial charge in [0.15, 0.2) is 11.6 Å². The minimum absolute atomic E-state index is 0.0373. The Kier molecular flexibility index (Phi) is 8.10. The largest absolute Gasteiger partial charge is 0.457 e. The number of hydrogen-bond donors (Lipinski definition) is 0. The van der Waals surface area contributed by atoms with Gasteiger partial charge in [0.05, 0.1) is 5.41 Å². The Hall–Kier alpha value is -8.12. The maximum Gasteiger partial charge on any atom is 0.261 e. The zero-order chi connectivity index (χ0) is 46.8. The van der Waals surface area contributed by atoms with Gasteiger partial charge in [-0.1, -0.05) is 119 Å². The molecule has 2 aliphatic rings. The lowest BCUT2D eigenvalue weighted by Crippen LogP contribution is -2.49. The minimum atomic E-state index is -0.785. The SMILES string of the molecule is [B]c1c([B])c([B])c2c(c1[B])c1c([B])c([B])c([B])c([B])c1n2-c1nc2n3nc(-c4ccc5c(c4)Oc4ccccc4C54c5ccccc5Oc5ccccc54)nc3n3nc(-c4ccccc4)nc3n2n1. The van der Waals surface area contributed by atoms with Gasteiger partial charge in [0.25, 0.3) is 23.3 Å². The van der Waals surface area contributed by atoms with Crippen molar-refractivity contribution in [3.63, 3.8) is 0 Å². The predicted molar refractivity (Wildman–Crippen MR) is 273 cm³/mol. The Morgan fingerprint density at radius 3 is 1.33 bits per heavy atom. The molecule has 2 aliphatic heterocycles. The molecule has 69 heavy (non-hydrogen) atoms. The first-order valence-electron chi connectivity index (χ1n) is 21.6. The molecule has 12 nitrogen and oxygen atoms in total. The standard InChI is InChI=1S/C49H20B8N10O2/c50-33-31-32-34(51)36(53)38(55)40(57)42(32)64(41(31)39(56)37(54)35(33)52)45-60-48-66-46(65-47(67(48)63-45)58-43(61-65)21-10-2-1-3-11-21)59-44(62-66)22-18-19-26-30(20-22)69-29-17-9-6-14-25(29)49(26)23-12-4-7-15-27(23)68-28-16-8-5-13-24(28)49/h1-20H. The molecule has 0 aliphatic carbocycles. The third-order valence-corrected chi connectivity index (χ3v) is 13.5. The summed E-state index contributed by atoms with van der Waals surface area (Å²) in [6.07, 6.45) is 0. The fraction of sp³-hybridized carbons (Fsp3) is 0.0204. The summed E-state index contributed by atoms with van der Waals surface area (Å²) in [6.45, 7) is 0. The Labute approximate surface area is 402 Å². The van der Waals surface area contributed by atoms with E-state index in [0.717, 1.165) is 39.3 Å². The summed E-state index contributed by atoms with van der Waals surface area (Å²) in [5.74, 6) is 4.32. The van der Waals surface area contributed by atoms with Gasteiger partial charge in [-0.2, -0.15) is 28.5 Å². The molecule has 1 spiro atoms. The lowest BCUT2D eigenvalue weighted by molar-refractivity contribution is 0.399. The van der Waals surface area contributed by atoms with E-state index >= 15 is 0 Å². The van der Waals surface area contributed by atoms with Crippen molar-refractivity contribution in [2.75, 3.05) is 0 Å². The molecule has 0 fully saturated rings. The normalized spacial score (nSPS) is 13.4. The van der Waals surface area contributed by atoms with Gasteiger partial charge in [-0.05, 0) is 35.0 Å². The number of aromatic nitrogens is 10. The number of hydrogen-bond acceptors (Lipinski definition) is 8. The maximum absolute atomic E-state index is 6.81. The van der Waals surface area contributed by atoms with Crippen LogP contribution in [0.25, 0.3) is 67.9 Å². The maximum atomic E-state index is 6.81. The molecule has 0 saturated heterocycles. The highest BCUT2D eigenvalue weighted by Gasteiger charge is 2.50. The zero-order valence-corrected chi connectivity index (χ0v) is 36.0. The van der Waals surface area contributed by atoms with Crippen LogP contribution < -0.4 is 53.2 Å². The van der Waals surface area contributed by atoms with Gasteiger partial charge in [0, 0.05) is 44.4 Å². The molecule has 12 aromatic rings. The predicted octanol–water partition coefficient (Wildman–Crippen LogP) is 0.190. The lowest BCUT2D eigenvalue weighted by atomic mass is 9.62. The second kappa shape index (κ2) is 14.0. The average Bonchev–Trinajstić information content (AvgIpc) is 4.20. The summed E-state index contributed by atoms with van der Waals surface area (Å²) in [6, 6.07) is 39.9. The monoisotopic (exact) mass is 868 g/mol. The second-order valence-corrected chi connectivity index (χ2v) is 17.0. The van der Waals surface area contributed by atoms with Crippen LogP contribution >= 0.6 is 0 Å². The quantitative estimate of drug-likeness (QED) is 0.232. The summed E-state index contributed by atoms with van der Waals surface area (Å²) >= 11 is 0. The van der Waals surface area contributed by atoms with Crippen LogP contribution in [0.5, 0.6) is 23.0 Å². The van der Waals surface area contributed by atoms with Crippen LogP contribution in [0.4, 0.5) is 0 Å². The minimum Gasteiger partial charge on any atom is -0.457 e.